The Bertz CT molecular complexity index is 1190. The molecule has 1 saturated heterocycles. The number of sulfone groups is 1. The first-order valence-electron chi connectivity index (χ1n) is 9.72. The van der Waals surface area contributed by atoms with Crippen LogP contribution in [0.1, 0.15) is 12.8 Å². The van der Waals surface area contributed by atoms with Crippen molar-refractivity contribution in [1.29, 1.82) is 0 Å². The highest BCUT2D eigenvalue weighted by Gasteiger charge is 2.32. The van der Waals surface area contributed by atoms with Gasteiger partial charge in [0.15, 0.2) is 15.0 Å². The largest absolute Gasteiger partial charge is 0.494 e. The number of carbonyl (C=O) groups is 1. The van der Waals surface area contributed by atoms with Crippen LogP contribution in [0.3, 0.4) is 0 Å². The molecule has 164 valence electrons. The van der Waals surface area contributed by atoms with Crippen LogP contribution in [-0.2, 0) is 19.4 Å². The van der Waals surface area contributed by atoms with Crippen LogP contribution < -0.4 is 9.64 Å². The third-order valence-electron chi connectivity index (χ3n) is 4.97. The van der Waals surface area contributed by atoms with Crippen molar-refractivity contribution in [2.45, 2.75) is 23.8 Å². The molecule has 0 N–H and O–H groups in total. The van der Waals surface area contributed by atoms with Crippen LogP contribution in [-0.4, -0.2) is 51.4 Å². The van der Waals surface area contributed by atoms with E-state index in [9.17, 15) is 17.6 Å². The van der Waals surface area contributed by atoms with E-state index in [-0.39, 0.29) is 29.6 Å². The Morgan fingerprint density at radius 1 is 1.23 bits per heavy atom. The van der Waals surface area contributed by atoms with Crippen LogP contribution in [0.25, 0.3) is 10.2 Å². The Balaban J connectivity index is 1.23. The van der Waals surface area contributed by atoms with Gasteiger partial charge in [-0.25, -0.2) is 17.8 Å². The van der Waals surface area contributed by atoms with Gasteiger partial charge < -0.3 is 14.4 Å². The topological polar surface area (TPSA) is 85.8 Å². The van der Waals surface area contributed by atoms with Crippen LogP contribution in [0.15, 0.2) is 47.4 Å². The molecule has 2 heterocycles. The fourth-order valence-corrected chi connectivity index (χ4v) is 5.60. The molecule has 1 fully saturated rings. The summed E-state index contributed by atoms with van der Waals surface area (Å²) in [4.78, 5) is 18.8. The molecule has 0 atom stereocenters. The van der Waals surface area contributed by atoms with Gasteiger partial charge in [-0.15, -0.1) is 0 Å². The molecular formula is C21H21FN2O5S2. The number of fused-ring (bicyclic) bond motifs is 1. The highest BCUT2D eigenvalue weighted by atomic mass is 32.2. The van der Waals surface area contributed by atoms with E-state index in [0.717, 1.165) is 33.2 Å². The van der Waals surface area contributed by atoms with Crippen molar-refractivity contribution in [1.82, 2.24) is 4.98 Å². The lowest BCUT2D eigenvalue weighted by molar-refractivity contribution is -0.150. The molecule has 1 aliphatic rings. The van der Waals surface area contributed by atoms with Crippen LogP contribution in [0, 0.1) is 5.82 Å². The van der Waals surface area contributed by atoms with Gasteiger partial charge in [0.2, 0.25) is 0 Å². The number of carbonyl (C=O) groups excluding carboxylic acids is 1. The molecule has 10 heteroatoms. The van der Waals surface area contributed by atoms with Gasteiger partial charge in [-0.05, 0) is 42.8 Å². The molecule has 0 saturated carbocycles. The first-order valence-corrected chi connectivity index (χ1v) is 12.2. The van der Waals surface area contributed by atoms with Crippen LogP contribution in [0.4, 0.5) is 9.52 Å². The van der Waals surface area contributed by atoms with Crippen LogP contribution in [0.2, 0.25) is 0 Å². The molecule has 3 aromatic rings. The maximum atomic E-state index is 12.9. The standard InChI is InChI=1S/C21H21FN2O5S2/c1-28-17-4-2-5-18-20(17)23-21(30-18)24-12-15(13-24)29-19(25)6-3-11-31(26,27)16-9-7-14(22)8-10-16/h2,4-5,7-10,15H,3,6,11-13H2,1H3. The molecule has 0 aliphatic carbocycles. The Morgan fingerprint density at radius 3 is 2.68 bits per heavy atom. The summed E-state index contributed by atoms with van der Waals surface area (Å²) < 4.78 is 49.2. The molecule has 7 nitrogen and oxygen atoms in total. The number of hydrogen-bond acceptors (Lipinski definition) is 8. The maximum absolute atomic E-state index is 12.9. The Morgan fingerprint density at radius 2 is 1.97 bits per heavy atom. The van der Waals surface area contributed by atoms with E-state index in [4.69, 9.17) is 9.47 Å². The van der Waals surface area contributed by atoms with E-state index in [1.165, 1.54) is 12.1 Å². The predicted octanol–water partition coefficient (Wildman–Crippen LogP) is 3.43. The summed E-state index contributed by atoms with van der Waals surface area (Å²) in [5.41, 5.74) is 0.813. The predicted molar refractivity (Wildman–Crippen MR) is 116 cm³/mol. The van der Waals surface area contributed by atoms with Gasteiger partial charge in [0.1, 0.15) is 23.2 Å². The van der Waals surface area contributed by atoms with E-state index in [2.05, 4.69) is 4.98 Å². The zero-order valence-corrected chi connectivity index (χ0v) is 18.4. The van der Waals surface area contributed by atoms with Crippen molar-refractivity contribution >= 4 is 42.5 Å². The smallest absolute Gasteiger partial charge is 0.306 e. The van der Waals surface area contributed by atoms with E-state index in [1.54, 1.807) is 18.4 Å². The molecule has 0 spiro atoms. The van der Waals surface area contributed by atoms with Gasteiger partial charge in [-0.2, -0.15) is 0 Å². The quantitative estimate of drug-likeness (QED) is 0.373. The lowest BCUT2D eigenvalue weighted by atomic mass is 10.2. The van der Waals surface area contributed by atoms with E-state index >= 15 is 0 Å². The minimum atomic E-state index is -3.56. The molecule has 0 radical (unpaired) electrons. The summed E-state index contributed by atoms with van der Waals surface area (Å²) in [6.07, 6.45) is -0.0860. The van der Waals surface area contributed by atoms with Gasteiger partial charge in [-0.3, -0.25) is 4.79 Å². The molecular weight excluding hydrogens is 443 g/mol. The number of para-hydroxylation sites is 1. The van der Waals surface area contributed by atoms with Crippen LogP contribution in [0.5, 0.6) is 5.75 Å². The van der Waals surface area contributed by atoms with Crippen molar-refractivity contribution in [3.63, 3.8) is 0 Å². The number of rotatable bonds is 8. The summed E-state index contributed by atoms with van der Waals surface area (Å²) >= 11 is 1.55. The average Bonchev–Trinajstić information content (AvgIpc) is 3.14. The maximum Gasteiger partial charge on any atom is 0.306 e. The highest BCUT2D eigenvalue weighted by Crippen LogP contribution is 2.35. The molecule has 4 rings (SSSR count). The van der Waals surface area contributed by atoms with Crippen molar-refractivity contribution < 1.29 is 27.1 Å². The number of nitrogens with zero attached hydrogens (tertiary/aromatic N) is 2. The third kappa shape index (κ3) is 4.80. The van der Waals surface area contributed by atoms with Crippen molar-refractivity contribution in [3.05, 3.63) is 48.3 Å². The fourth-order valence-electron chi connectivity index (χ4n) is 3.29. The summed E-state index contributed by atoms with van der Waals surface area (Å²) in [5.74, 6) is -0.399. The molecule has 1 aliphatic heterocycles. The monoisotopic (exact) mass is 464 g/mol. The minimum absolute atomic E-state index is 0.00919. The van der Waals surface area contributed by atoms with Gasteiger partial charge >= 0.3 is 5.97 Å². The summed E-state index contributed by atoms with van der Waals surface area (Å²) in [7, 11) is -1.95. The first-order chi connectivity index (χ1) is 14.9. The number of esters is 1. The van der Waals surface area contributed by atoms with Gasteiger partial charge in [0, 0.05) is 6.42 Å². The number of anilines is 1. The third-order valence-corrected chi connectivity index (χ3v) is 7.87. The summed E-state index contributed by atoms with van der Waals surface area (Å²) in [6.45, 7) is 1.09. The van der Waals surface area contributed by atoms with Gasteiger partial charge in [-0.1, -0.05) is 17.4 Å². The van der Waals surface area contributed by atoms with Gasteiger partial charge in [0.25, 0.3) is 0 Å². The lowest BCUT2D eigenvalue weighted by Gasteiger charge is -2.38. The highest BCUT2D eigenvalue weighted by molar-refractivity contribution is 7.91. The number of thiazole rings is 1. The van der Waals surface area contributed by atoms with E-state index in [1.807, 2.05) is 23.1 Å². The number of methoxy groups -OCH3 is 1. The summed E-state index contributed by atoms with van der Waals surface area (Å²) in [6, 6.07) is 10.4. The second-order valence-electron chi connectivity index (χ2n) is 7.20. The second-order valence-corrected chi connectivity index (χ2v) is 10.3. The SMILES string of the molecule is COc1cccc2sc(N3CC(OC(=O)CCCS(=O)(=O)c4ccc(F)cc4)C3)nc12. The molecule has 31 heavy (non-hydrogen) atoms. The minimum Gasteiger partial charge on any atom is -0.494 e. The second kappa shape index (κ2) is 8.80. The van der Waals surface area contributed by atoms with E-state index < -0.39 is 21.6 Å². The van der Waals surface area contributed by atoms with Crippen LogP contribution >= 0.6 is 11.3 Å². The number of benzene rings is 2. The Labute approximate surface area is 183 Å². The number of ether oxygens (including phenoxy) is 2. The van der Waals surface area contributed by atoms with Crippen molar-refractivity contribution in [3.8, 4) is 5.75 Å². The first kappa shape index (κ1) is 21.5. The Hall–Kier alpha value is -2.72. The number of aromatic nitrogens is 1. The zero-order valence-electron chi connectivity index (χ0n) is 16.8. The van der Waals surface area contributed by atoms with Gasteiger partial charge in [0.05, 0.1) is 35.5 Å². The zero-order chi connectivity index (χ0) is 22.0. The number of hydrogen-bond donors (Lipinski definition) is 0. The normalized spacial score (nSPS) is 14.5. The fraction of sp³-hybridized carbons (Fsp3) is 0.333. The average molecular weight is 465 g/mol. The van der Waals surface area contributed by atoms with E-state index in [0.29, 0.717) is 13.1 Å². The molecule has 0 amide bonds. The molecule has 0 unspecified atom stereocenters. The molecule has 0 bridgehead atoms. The molecule has 1 aromatic heterocycles. The Kier molecular flexibility index (Phi) is 6.10. The lowest BCUT2D eigenvalue weighted by Crippen LogP contribution is -2.53. The molecule has 2 aromatic carbocycles. The summed E-state index contributed by atoms with van der Waals surface area (Å²) in [5, 5.41) is 0.845. The van der Waals surface area contributed by atoms with Crippen molar-refractivity contribution in [2.75, 3.05) is 30.9 Å². The number of halogens is 1. The van der Waals surface area contributed by atoms with Crippen molar-refractivity contribution in [2.24, 2.45) is 0 Å².